The Kier molecular flexibility index (Phi) is 11.6. The number of carbonyl (C=O) groups excluding carboxylic acids is 3. The molecule has 0 spiro atoms. The van der Waals surface area contributed by atoms with Crippen LogP contribution in [-0.2, 0) is 20.8 Å². The van der Waals surface area contributed by atoms with Crippen molar-refractivity contribution in [1.82, 2.24) is 25.8 Å². The Morgan fingerprint density at radius 2 is 1.46 bits per heavy atom. The van der Waals surface area contributed by atoms with Crippen molar-refractivity contribution >= 4 is 17.7 Å². The van der Waals surface area contributed by atoms with Crippen molar-refractivity contribution in [2.75, 3.05) is 27.2 Å². The number of hydrogen-bond donors (Lipinski definition) is 3. The number of nitrogens with one attached hydrogen (secondary N) is 3. The maximum Gasteiger partial charge on any atom is 0.246 e. The largest absolute Gasteiger partial charge is 0.343 e. The molecule has 2 saturated heterocycles. The summed E-state index contributed by atoms with van der Waals surface area (Å²) in [6.45, 7) is 3.87. The van der Waals surface area contributed by atoms with Crippen molar-refractivity contribution in [2.45, 2.75) is 75.7 Å². The minimum Gasteiger partial charge on any atom is -0.343 e. The first-order valence-corrected chi connectivity index (χ1v) is 16.8. The maximum atomic E-state index is 14.6. The number of carbonyl (C=O) groups is 3. The fraction of sp³-hybridized carbons (Fsp3) is 0.447. The van der Waals surface area contributed by atoms with Crippen LogP contribution in [-0.4, -0.2) is 78.9 Å². The van der Waals surface area contributed by atoms with E-state index in [1.54, 1.807) is 7.05 Å². The Morgan fingerprint density at radius 3 is 2.04 bits per heavy atom. The number of fused-ring (bicyclic) bond motifs is 1. The third-order valence-electron chi connectivity index (χ3n) is 9.89. The summed E-state index contributed by atoms with van der Waals surface area (Å²) in [4.78, 5) is 46.6. The van der Waals surface area contributed by atoms with E-state index in [0.717, 1.165) is 55.5 Å². The molecule has 2 heterocycles. The van der Waals surface area contributed by atoms with E-state index in [9.17, 15) is 14.4 Å². The Bertz CT molecular complexity index is 1380. The molecule has 8 heteroatoms. The molecule has 0 aliphatic carbocycles. The minimum atomic E-state index is -0.693. The van der Waals surface area contributed by atoms with Crippen molar-refractivity contribution < 1.29 is 14.4 Å². The lowest BCUT2D eigenvalue weighted by atomic mass is 9.89. The molecule has 2 aliphatic rings. The Morgan fingerprint density at radius 1 is 0.870 bits per heavy atom. The first-order chi connectivity index (χ1) is 22.4. The number of rotatable bonds is 13. The van der Waals surface area contributed by atoms with E-state index in [0.29, 0.717) is 12.8 Å². The summed E-state index contributed by atoms with van der Waals surface area (Å²) in [6.07, 6.45) is 4.35. The van der Waals surface area contributed by atoms with Crippen LogP contribution in [0.5, 0.6) is 0 Å². The summed E-state index contributed by atoms with van der Waals surface area (Å²) in [6, 6.07) is 27.7. The zero-order valence-electron chi connectivity index (χ0n) is 27.4. The quantitative estimate of drug-likeness (QED) is 0.264. The highest BCUT2D eigenvalue weighted by atomic mass is 16.2. The third kappa shape index (κ3) is 8.03. The monoisotopic (exact) mass is 623 g/mol. The fourth-order valence-corrected chi connectivity index (χ4v) is 7.05. The van der Waals surface area contributed by atoms with E-state index < -0.39 is 18.1 Å². The predicted octanol–water partition coefficient (Wildman–Crippen LogP) is 4.32. The summed E-state index contributed by atoms with van der Waals surface area (Å²) in [5.74, 6) is -0.496. The van der Waals surface area contributed by atoms with Crippen LogP contribution in [0.2, 0.25) is 0 Å². The molecule has 0 bridgehead atoms. The van der Waals surface area contributed by atoms with E-state index in [1.165, 1.54) is 0 Å². The number of hydrogen-bond acceptors (Lipinski definition) is 5. The molecule has 0 aromatic heterocycles. The average Bonchev–Trinajstić information content (AvgIpc) is 3.48. The number of nitrogens with zero attached hydrogens (tertiary/aromatic N) is 2. The first kappa shape index (κ1) is 33.4. The molecule has 244 valence electrons. The summed E-state index contributed by atoms with van der Waals surface area (Å²) >= 11 is 0. The topological polar surface area (TPSA) is 93.8 Å². The molecule has 5 atom stereocenters. The van der Waals surface area contributed by atoms with E-state index >= 15 is 0 Å². The van der Waals surface area contributed by atoms with E-state index in [1.807, 2.05) is 95.9 Å². The molecular formula is C38H49N5O3. The second kappa shape index (κ2) is 16.0. The van der Waals surface area contributed by atoms with Crippen LogP contribution in [0.25, 0.3) is 0 Å². The molecule has 3 aromatic rings. The molecule has 2 aliphatic heterocycles. The van der Waals surface area contributed by atoms with Crippen LogP contribution in [0, 0.1) is 5.92 Å². The highest BCUT2D eigenvalue weighted by molar-refractivity contribution is 5.94. The van der Waals surface area contributed by atoms with Crippen molar-refractivity contribution in [3.8, 4) is 0 Å². The third-order valence-corrected chi connectivity index (χ3v) is 9.89. The van der Waals surface area contributed by atoms with Gasteiger partial charge in [0.15, 0.2) is 0 Å². The van der Waals surface area contributed by atoms with Gasteiger partial charge in [-0.25, -0.2) is 0 Å². The van der Waals surface area contributed by atoms with Crippen LogP contribution in [0.4, 0.5) is 0 Å². The minimum absolute atomic E-state index is 0.0182. The molecule has 3 N–H and O–H groups in total. The van der Waals surface area contributed by atoms with Gasteiger partial charge in [-0.15, -0.1) is 0 Å². The summed E-state index contributed by atoms with van der Waals surface area (Å²) in [7, 11) is 3.86. The molecule has 3 unspecified atom stereocenters. The maximum absolute atomic E-state index is 14.6. The molecule has 8 nitrogen and oxygen atoms in total. The van der Waals surface area contributed by atoms with Crippen LogP contribution in [0.3, 0.4) is 0 Å². The van der Waals surface area contributed by atoms with Crippen molar-refractivity contribution in [2.24, 2.45) is 5.92 Å². The van der Waals surface area contributed by atoms with E-state index in [-0.39, 0.29) is 35.7 Å². The number of amides is 3. The zero-order chi connectivity index (χ0) is 32.5. The van der Waals surface area contributed by atoms with Gasteiger partial charge in [-0.3, -0.25) is 14.4 Å². The van der Waals surface area contributed by atoms with Crippen LogP contribution >= 0.6 is 0 Å². The van der Waals surface area contributed by atoms with Crippen molar-refractivity contribution in [3.05, 3.63) is 108 Å². The molecule has 0 saturated carbocycles. The standard InChI is InChI=1S/C38H49N5O3/c1-4-42(3)25-24-30-20-21-31-22-23-33(37(45)40-34(28-16-10-6-11-17-28)29-18-12-7-13-19-29)43(31)38(46)35(30)41-36(44)32(39-2)26-27-14-8-5-9-15-27/h5-19,30-35,39H,4,20-26H2,1-3H3,(H,40,45)(H,41,44)/t30?,31-,32?,33-,35?/m0/s1. The highest BCUT2D eigenvalue weighted by Crippen LogP contribution is 2.36. The van der Waals surface area contributed by atoms with E-state index in [4.69, 9.17) is 0 Å². The lowest BCUT2D eigenvalue weighted by molar-refractivity contribution is -0.144. The van der Waals surface area contributed by atoms with Gasteiger partial charge in [0.1, 0.15) is 12.1 Å². The molecule has 2 fully saturated rings. The molecule has 0 radical (unpaired) electrons. The molecular weight excluding hydrogens is 574 g/mol. The lowest BCUT2D eigenvalue weighted by Gasteiger charge is -2.34. The highest BCUT2D eigenvalue weighted by Gasteiger charge is 2.48. The Balaban J connectivity index is 1.38. The van der Waals surface area contributed by atoms with Gasteiger partial charge in [0.2, 0.25) is 17.7 Å². The zero-order valence-corrected chi connectivity index (χ0v) is 27.4. The fourth-order valence-electron chi connectivity index (χ4n) is 7.05. The van der Waals surface area contributed by atoms with Gasteiger partial charge in [-0.05, 0) is 88.3 Å². The van der Waals surface area contributed by atoms with Crippen molar-refractivity contribution in [3.63, 3.8) is 0 Å². The smallest absolute Gasteiger partial charge is 0.246 e. The molecule has 3 amide bonds. The van der Waals surface area contributed by atoms with Gasteiger partial charge in [0.25, 0.3) is 0 Å². The molecule has 5 rings (SSSR count). The van der Waals surface area contributed by atoms with Gasteiger partial charge in [0, 0.05) is 6.04 Å². The van der Waals surface area contributed by atoms with Gasteiger partial charge in [-0.2, -0.15) is 0 Å². The van der Waals surface area contributed by atoms with Crippen LogP contribution < -0.4 is 16.0 Å². The Hall–Kier alpha value is -4.01. The van der Waals surface area contributed by atoms with Crippen LogP contribution in [0.1, 0.15) is 61.8 Å². The number of benzene rings is 3. The van der Waals surface area contributed by atoms with Gasteiger partial charge < -0.3 is 25.8 Å². The average molecular weight is 624 g/mol. The van der Waals surface area contributed by atoms with Gasteiger partial charge in [-0.1, -0.05) is 97.9 Å². The summed E-state index contributed by atoms with van der Waals surface area (Å²) in [5, 5.41) is 9.65. The normalized spacial score (nSPS) is 21.9. The second-order valence-electron chi connectivity index (χ2n) is 12.8. The lowest BCUT2D eigenvalue weighted by Crippen LogP contribution is -2.58. The second-order valence-corrected chi connectivity index (χ2v) is 12.8. The van der Waals surface area contributed by atoms with Crippen LogP contribution in [0.15, 0.2) is 91.0 Å². The SMILES string of the molecule is CCN(C)CCC1CC[C@H]2CC[C@@H](C(=O)NC(c3ccccc3)c3ccccc3)N2C(=O)C1NC(=O)C(Cc1ccccc1)NC. The Labute approximate surface area is 273 Å². The predicted molar refractivity (Wildman–Crippen MR) is 182 cm³/mol. The van der Waals surface area contributed by atoms with Crippen molar-refractivity contribution in [1.29, 1.82) is 0 Å². The molecule has 46 heavy (non-hydrogen) atoms. The van der Waals surface area contributed by atoms with Gasteiger partial charge in [0.05, 0.1) is 12.1 Å². The summed E-state index contributed by atoms with van der Waals surface area (Å²) < 4.78 is 0. The van der Waals surface area contributed by atoms with Gasteiger partial charge >= 0.3 is 0 Å². The first-order valence-electron chi connectivity index (χ1n) is 16.8. The summed E-state index contributed by atoms with van der Waals surface area (Å²) in [5.41, 5.74) is 3.02. The molecule has 3 aromatic carbocycles. The van der Waals surface area contributed by atoms with E-state index in [2.05, 4.69) is 34.8 Å². The number of likely N-dealkylation sites (N-methyl/N-ethyl adjacent to an activating group) is 1.